The molecule has 2 heterocycles. The van der Waals surface area contributed by atoms with Crippen molar-refractivity contribution in [2.45, 2.75) is 12.5 Å². The number of nitrogens with zero attached hydrogens (tertiary/aromatic N) is 3. The summed E-state index contributed by atoms with van der Waals surface area (Å²) in [4.78, 5) is 19.6. The van der Waals surface area contributed by atoms with Crippen molar-refractivity contribution in [3.63, 3.8) is 0 Å². The highest BCUT2D eigenvalue weighted by Gasteiger charge is 2.29. The first kappa shape index (κ1) is 12.9. The van der Waals surface area contributed by atoms with Gasteiger partial charge < -0.3 is 10.6 Å². The van der Waals surface area contributed by atoms with E-state index in [0.29, 0.717) is 12.7 Å². The largest absolute Gasteiger partial charge is 0.391 e. The lowest BCUT2D eigenvalue weighted by molar-refractivity contribution is -0.102. The van der Waals surface area contributed by atoms with Crippen LogP contribution in [0, 0.1) is 0 Å². The summed E-state index contributed by atoms with van der Waals surface area (Å²) in [6, 6.07) is 0. The normalized spacial score (nSPS) is 22.9. The number of aromatic nitrogens is 2. The molecule has 0 saturated carbocycles. The Balaban J connectivity index is 2.05. The van der Waals surface area contributed by atoms with Crippen LogP contribution in [0.4, 0.5) is 5.13 Å². The first-order valence-electron chi connectivity index (χ1n) is 4.99. The van der Waals surface area contributed by atoms with Crippen molar-refractivity contribution < 1.29 is 18.0 Å². The Morgan fingerprint density at radius 1 is 1.61 bits per heavy atom. The van der Waals surface area contributed by atoms with Gasteiger partial charge in [-0.15, -0.1) is 0 Å². The van der Waals surface area contributed by atoms with Crippen LogP contribution in [-0.2, 0) is 19.5 Å². The van der Waals surface area contributed by atoms with Crippen molar-refractivity contribution in [3.8, 4) is 0 Å². The lowest BCUT2D eigenvalue weighted by Gasteiger charge is -2.04. The van der Waals surface area contributed by atoms with Gasteiger partial charge in [0.1, 0.15) is 6.10 Å². The number of aldehydes is 1. The molecule has 18 heavy (non-hydrogen) atoms. The van der Waals surface area contributed by atoms with E-state index >= 15 is 0 Å². The number of anilines is 1. The van der Waals surface area contributed by atoms with Gasteiger partial charge in [0.15, 0.2) is 32.8 Å². The summed E-state index contributed by atoms with van der Waals surface area (Å²) in [5.74, 6) is 0.0641. The van der Waals surface area contributed by atoms with Gasteiger partial charge in [0.05, 0.1) is 11.5 Å². The molecule has 1 aromatic heterocycles. The molecule has 1 unspecified atom stereocenters. The zero-order valence-corrected chi connectivity index (χ0v) is 10.8. The third-order valence-electron chi connectivity index (χ3n) is 2.27. The van der Waals surface area contributed by atoms with E-state index in [0.717, 1.165) is 11.5 Å². The molecule has 0 bridgehead atoms. The standard InChI is InChI=1S/C8H10N4O4S2/c9-8-10-7(12-17-8)6(3-13)11-16-5-1-2-18(14,15)4-5/h3,5H,1-2,4H2,(H2,9,10,12). The number of nitrogen functional groups attached to an aromatic ring is 1. The van der Waals surface area contributed by atoms with Crippen molar-refractivity contribution in [3.05, 3.63) is 5.82 Å². The lowest BCUT2D eigenvalue weighted by atomic mass is 10.3. The fourth-order valence-corrected chi connectivity index (χ4v) is 3.45. The van der Waals surface area contributed by atoms with Crippen molar-refractivity contribution in [1.82, 2.24) is 9.36 Å². The smallest absolute Gasteiger partial charge is 0.200 e. The fourth-order valence-electron chi connectivity index (χ4n) is 1.43. The Bertz CT molecular complexity index is 580. The van der Waals surface area contributed by atoms with E-state index in [4.69, 9.17) is 10.6 Å². The van der Waals surface area contributed by atoms with Crippen molar-refractivity contribution in [1.29, 1.82) is 0 Å². The van der Waals surface area contributed by atoms with Gasteiger partial charge in [-0.3, -0.25) is 4.79 Å². The summed E-state index contributed by atoms with van der Waals surface area (Å²) in [7, 11) is -3.04. The second-order valence-electron chi connectivity index (χ2n) is 3.68. The van der Waals surface area contributed by atoms with Gasteiger partial charge in [-0.05, 0) is 0 Å². The molecule has 2 N–H and O–H groups in total. The maximum absolute atomic E-state index is 11.2. The zero-order valence-electron chi connectivity index (χ0n) is 9.14. The van der Waals surface area contributed by atoms with Gasteiger partial charge >= 0.3 is 0 Å². The SMILES string of the molecule is Nc1nc(C(C=O)=NOC2CCS(=O)(=O)C2)ns1. The summed E-state index contributed by atoms with van der Waals surface area (Å²) < 4.78 is 26.2. The predicted octanol–water partition coefficient (Wildman–Crippen LogP) is -0.773. The minimum Gasteiger partial charge on any atom is -0.391 e. The number of rotatable bonds is 4. The fraction of sp³-hybridized carbons (Fsp3) is 0.500. The number of hydrogen-bond acceptors (Lipinski definition) is 9. The van der Waals surface area contributed by atoms with Crippen LogP contribution in [0.5, 0.6) is 0 Å². The van der Waals surface area contributed by atoms with Crippen molar-refractivity contribution in [2.24, 2.45) is 5.16 Å². The molecule has 0 spiro atoms. The van der Waals surface area contributed by atoms with Gasteiger partial charge in [-0.25, -0.2) is 8.42 Å². The maximum atomic E-state index is 11.2. The first-order valence-corrected chi connectivity index (χ1v) is 7.58. The number of sulfone groups is 1. The van der Waals surface area contributed by atoms with Crippen LogP contribution in [0.2, 0.25) is 0 Å². The average Bonchev–Trinajstić information content (AvgIpc) is 2.86. The molecule has 1 aliphatic heterocycles. The highest BCUT2D eigenvalue weighted by Crippen LogP contribution is 2.15. The molecule has 1 saturated heterocycles. The quantitative estimate of drug-likeness (QED) is 0.438. The Morgan fingerprint density at radius 2 is 2.39 bits per heavy atom. The molecule has 10 heteroatoms. The van der Waals surface area contributed by atoms with Gasteiger partial charge in [0, 0.05) is 18.0 Å². The van der Waals surface area contributed by atoms with E-state index in [9.17, 15) is 13.2 Å². The minimum absolute atomic E-state index is 0.0749. The molecule has 1 fully saturated rings. The Morgan fingerprint density at radius 3 is 2.89 bits per heavy atom. The molecule has 0 aromatic carbocycles. The molecule has 1 atom stereocenters. The van der Waals surface area contributed by atoms with E-state index < -0.39 is 15.9 Å². The highest BCUT2D eigenvalue weighted by molar-refractivity contribution is 7.91. The molecule has 0 amide bonds. The molecule has 0 aliphatic carbocycles. The van der Waals surface area contributed by atoms with E-state index in [-0.39, 0.29) is 28.2 Å². The van der Waals surface area contributed by atoms with Crippen LogP contribution >= 0.6 is 11.5 Å². The van der Waals surface area contributed by atoms with Crippen molar-refractivity contribution >= 4 is 38.5 Å². The van der Waals surface area contributed by atoms with Crippen LogP contribution in [-0.4, -0.2) is 47.4 Å². The monoisotopic (exact) mass is 290 g/mol. The third-order valence-corrected chi connectivity index (χ3v) is 4.55. The van der Waals surface area contributed by atoms with Crippen LogP contribution in [0.15, 0.2) is 5.16 Å². The molecule has 98 valence electrons. The van der Waals surface area contributed by atoms with Crippen LogP contribution in [0.25, 0.3) is 0 Å². The summed E-state index contributed by atoms with van der Waals surface area (Å²) in [5.41, 5.74) is 5.27. The topological polar surface area (TPSA) is 125 Å². The Kier molecular flexibility index (Phi) is 3.57. The number of carbonyl (C=O) groups is 1. The Labute approximate surface area is 107 Å². The van der Waals surface area contributed by atoms with Crippen LogP contribution in [0.3, 0.4) is 0 Å². The molecule has 2 rings (SSSR count). The Hall–Kier alpha value is -1.55. The van der Waals surface area contributed by atoms with Crippen molar-refractivity contribution in [2.75, 3.05) is 17.2 Å². The molecular formula is C8H10N4O4S2. The van der Waals surface area contributed by atoms with Gasteiger partial charge in [0.2, 0.25) is 0 Å². The van der Waals surface area contributed by atoms with Crippen LogP contribution in [0.1, 0.15) is 12.2 Å². The second-order valence-corrected chi connectivity index (χ2v) is 6.69. The van der Waals surface area contributed by atoms with Gasteiger partial charge in [-0.2, -0.15) is 9.36 Å². The van der Waals surface area contributed by atoms with Gasteiger partial charge in [-0.1, -0.05) is 5.16 Å². The zero-order chi connectivity index (χ0) is 13.2. The third kappa shape index (κ3) is 3.01. The van der Waals surface area contributed by atoms with E-state index in [1.165, 1.54) is 0 Å². The highest BCUT2D eigenvalue weighted by atomic mass is 32.2. The lowest BCUT2D eigenvalue weighted by Crippen LogP contribution is -2.14. The first-order chi connectivity index (χ1) is 8.50. The minimum atomic E-state index is -3.04. The molecule has 1 aromatic rings. The predicted molar refractivity (Wildman–Crippen MR) is 65.1 cm³/mol. The number of oxime groups is 1. The summed E-state index contributed by atoms with van der Waals surface area (Å²) >= 11 is 0.931. The average molecular weight is 290 g/mol. The summed E-state index contributed by atoms with van der Waals surface area (Å²) in [6.45, 7) is 0. The molecule has 0 radical (unpaired) electrons. The van der Waals surface area contributed by atoms with E-state index in [1.807, 2.05) is 0 Å². The second kappa shape index (κ2) is 4.98. The van der Waals surface area contributed by atoms with Crippen LogP contribution < -0.4 is 5.73 Å². The number of hydrogen-bond donors (Lipinski definition) is 1. The number of nitrogens with two attached hydrogens (primary N) is 1. The maximum Gasteiger partial charge on any atom is 0.200 e. The molecule has 8 nitrogen and oxygen atoms in total. The molecule has 1 aliphatic rings. The number of carbonyl (C=O) groups excluding carboxylic acids is 1. The molecular weight excluding hydrogens is 280 g/mol. The van der Waals surface area contributed by atoms with E-state index in [1.54, 1.807) is 0 Å². The summed E-state index contributed by atoms with van der Waals surface area (Å²) in [5, 5.41) is 3.79. The van der Waals surface area contributed by atoms with E-state index in [2.05, 4.69) is 14.5 Å². The summed E-state index contributed by atoms with van der Waals surface area (Å²) in [6.07, 6.45) is 0.274. The van der Waals surface area contributed by atoms with Gasteiger partial charge in [0.25, 0.3) is 0 Å².